The van der Waals surface area contributed by atoms with E-state index in [1.54, 1.807) is 13.3 Å². The summed E-state index contributed by atoms with van der Waals surface area (Å²) in [5.74, 6) is 0.845. The van der Waals surface area contributed by atoms with Crippen LogP contribution < -0.4 is 5.32 Å². The van der Waals surface area contributed by atoms with Crippen molar-refractivity contribution in [3.8, 4) is 0 Å². The van der Waals surface area contributed by atoms with Crippen LogP contribution in [0.3, 0.4) is 0 Å². The first-order valence-electron chi connectivity index (χ1n) is 5.95. The van der Waals surface area contributed by atoms with Gasteiger partial charge >= 0.3 is 0 Å². The fourth-order valence-corrected chi connectivity index (χ4v) is 1.71. The van der Waals surface area contributed by atoms with Crippen LogP contribution in [0.25, 0.3) is 0 Å². The lowest BCUT2D eigenvalue weighted by Crippen LogP contribution is -2.13. The van der Waals surface area contributed by atoms with Crippen molar-refractivity contribution < 1.29 is 4.74 Å². The summed E-state index contributed by atoms with van der Waals surface area (Å²) < 4.78 is 7.05. The van der Waals surface area contributed by atoms with Gasteiger partial charge in [0.15, 0.2) is 0 Å². The lowest BCUT2D eigenvalue weighted by atomic mass is 10.2. The van der Waals surface area contributed by atoms with Gasteiger partial charge in [-0.1, -0.05) is 6.07 Å². The molecule has 0 saturated carbocycles. The van der Waals surface area contributed by atoms with Crippen LogP contribution in [-0.4, -0.2) is 34.8 Å². The number of nitrogens with zero attached hydrogens (tertiary/aromatic N) is 3. The number of aryl methyl sites for hydroxylation is 1. The minimum atomic E-state index is 0.662. The van der Waals surface area contributed by atoms with Gasteiger partial charge in [0.1, 0.15) is 0 Å². The second kappa shape index (κ2) is 6.16. The van der Waals surface area contributed by atoms with Crippen molar-refractivity contribution >= 4 is 5.95 Å². The smallest absolute Gasteiger partial charge is 0.203 e. The van der Waals surface area contributed by atoms with Crippen molar-refractivity contribution in [1.82, 2.24) is 14.5 Å². The highest BCUT2D eigenvalue weighted by Gasteiger charge is 2.05. The Morgan fingerprint density at radius 1 is 1.33 bits per heavy atom. The predicted octanol–water partition coefficient (Wildman–Crippen LogP) is 1.69. The number of hydrogen-bond acceptors (Lipinski definition) is 4. The van der Waals surface area contributed by atoms with Crippen LogP contribution in [-0.2, 0) is 11.3 Å². The van der Waals surface area contributed by atoms with Gasteiger partial charge in [-0.3, -0.25) is 4.98 Å². The van der Waals surface area contributed by atoms with E-state index in [1.165, 1.54) is 5.56 Å². The van der Waals surface area contributed by atoms with E-state index in [2.05, 4.69) is 28.3 Å². The fourth-order valence-electron chi connectivity index (χ4n) is 1.71. The van der Waals surface area contributed by atoms with Crippen molar-refractivity contribution in [2.24, 2.45) is 0 Å². The number of anilines is 1. The molecule has 2 heterocycles. The monoisotopic (exact) mass is 246 g/mol. The van der Waals surface area contributed by atoms with Crippen LogP contribution in [0.5, 0.6) is 0 Å². The van der Waals surface area contributed by atoms with Gasteiger partial charge in [0.2, 0.25) is 5.95 Å². The molecule has 5 nitrogen and oxygen atoms in total. The Labute approximate surface area is 107 Å². The Hall–Kier alpha value is -1.88. The van der Waals surface area contributed by atoms with Crippen molar-refractivity contribution in [3.63, 3.8) is 0 Å². The highest BCUT2D eigenvalue weighted by atomic mass is 16.5. The van der Waals surface area contributed by atoms with Crippen LogP contribution in [0.4, 0.5) is 5.95 Å². The van der Waals surface area contributed by atoms with Gasteiger partial charge in [0, 0.05) is 32.2 Å². The zero-order valence-corrected chi connectivity index (χ0v) is 10.8. The maximum Gasteiger partial charge on any atom is 0.203 e. The minimum absolute atomic E-state index is 0.662. The summed E-state index contributed by atoms with van der Waals surface area (Å²) >= 11 is 0. The van der Waals surface area contributed by atoms with Gasteiger partial charge in [-0.15, -0.1) is 0 Å². The Morgan fingerprint density at radius 3 is 3.00 bits per heavy atom. The van der Waals surface area contributed by atoms with E-state index >= 15 is 0 Å². The van der Waals surface area contributed by atoms with E-state index in [4.69, 9.17) is 4.74 Å². The third kappa shape index (κ3) is 3.07. The van der Waals surface area contributed by atoms with Gasteiger partial charge in [0.05, 0.1) is 18.8 Å². The molecule has 1 N–H and O–H groups in total. The first-order valence-corrected chi connectivity index (χ1v) is 5.95. The maximum atomic E-state index is 5.01. The Kier molecular flexibility index (Phi) is 4.30. The molecule has 2 rings (SSSR count). The van der Waals surface area contributed by atoms with Crippen molar-refractivity contribution in [1.29, 1.82) is 0 Å². The van der Waals surface area contributed by atoms with Crippen LogP contribution in [0.2, 0.25) is 0 Å². The third-order valence-corrected chi connectivity index (χ3v) is 2.74. The van der Waals surface area contributed by atoms with E-state index in [-0.39, 0.29) is 0 Å². The van der Waals surface area contributed by atoms with Gasteiger partial charge in [-0.25, -0.2) is 4.98 Å². The fraction of sp³-hybridized carbons (Fsp3) is 0.385. The maximum absolute atomic E-state index is 5.01. The molecule has 0 spiro atoms. The number of rotatable bonds is 6. The normalized spacial score (nSPS) is 10.6. The number of imidazole rings is 1. The van der Waals surface area contributed by atoms with Gasteiger partial charge < -0.3 is 14.6 Å². The summed E-state index contributed by atoms with van der Waals surface area (Å²) in [5.41, 5.74) is 2.25. The molecule has 18 heavy (non-hydrogen) atoms. The van der Waals surface area contributed by atoms with Crippen LogP contribution in [0.15, 0.2) is 30.7 Å². The molecule has 0 unspecified atom stereocenters. The molecule has 0 atom stereocenters. The molecular weight excluding hydrogens is 228 g/mol. The molecule has 5 heteroatoms. The molecule has 96 valence electrons. The summed E-state index contributed by atoms with van der Waals surface area (Å²) in [6, 6.07) is 4.02. The highest BCUT2D eigenvalue weighted by Crippen LogP contribution is 2.10. The topological polar surface area (TPSA) is 52.0 Å². The van der Waals surface area contributed by atoms with E-state index in [0.717, 1.165) is 24.7 Å². The quantitative estimate of drug-likeness (QED) is 0.788. The summed E-state index contributed by atoms with van der Waals surface area (Å²) in [4.78, 5) is 8.67. The zero-order chi connectivity index (χ0) is 12.8. The second-order valence-electron chi connectivity index (χ2n) is 4.07. The second-order valence-corrected chi connectivity index (χ2v) is 4.07. The molecule has 0 radical (unpaired) electrons. The zero-order valence-electron chi connectivity index (χ0n) is 10.8. The molecule has 0 aliphatic rings. The molecule has 2 aromatic heterocycles. The Balaban J connectivity index is 2.05. The summed E-state index contributed by atoms with van der Waals surface area (Å²) in [7, 11) is 1.69. The van der Waals surface area contributed by atoms with Crippen molar-refractivity contribution in [2.75, 3.05) is 25.6 Å². The third-order valence-electron chi connectivity index (χ3n) is 2.74. The van der Waals surface area contributed by atoms with Crippen molar-refractivity contribution in [2.45, 2.75) is 13.5 Å². The molecule has 0 saturated heterocycles. The van der Waals surface area contributed by atoms with Crippen LogP contribution in [0, 0.1) is 6.92 Å². The standard InChI is InChI=1S/C13H18N4O/c1-11-4-3-5-14-12(11)10-17-8-6-15-13(17)16-7-9-18-2/h3-6,8H,7,9-10H2,1-2H3,(H,15,16). The van der Waals surface area contributed by atoms with E-state index in [9.17, 15) is 0 Å². The average Bonchev–Trinajstić information content (AvgIpc) is 2.80. The summed E-state index contributed by atoms with van der Waals surface area (Å²) in [6.07, 6.45) is 5.55. The summed E-state index contributed by atoms with van der Waals surface area (Å²) in [6.45, 7) is 4.20. The number of aromatic nitrogens is 3. The predicted molar refractivity (Wildman–Crippen MR) is 70.7 cm³/mol. The first kappa shape index (κ1) is 12.6. The van der Waals surface area contributed by atoms with Crippen molar-refractivity contribution in [3.05, 3.63) is 42.0 Å². The van der Waals surface area contributed by atoms with E-state index < -0.39 is 0 Å². The Morgan fingerprint density at radius 2 is 2.22 bits per heavy atom. The first-order chi connectivity index (χ1) is 8.81. The largest absolute Gasteiger partial charge is 0.383 e. The number of hydrogen-bond donors (Lipinski definition) is 1. The molecular formula is C13H18N4O. The Bertz CT molecular complexity index is 495. The van der Waals surface area contributed by atoms with Gasteiger partial charge in [-0.2, -0.15) is 0 Å². The highest BCUT2D eigenvalue weighted by molar-refractivity contribution is 5.28. The SMILES string of the molecule is COCCNc1nccn1Cc1ncccc1C. The average molecular weight is 246 g/mol. The molecule has 0 fully saturated rings. The van der Waals surface area contributed by atoms with Gasteiger partial charge in [-0.05, 0) is 18.6 Å². The number of ether oxygens (including phenoxy) is 1. The number of nitrogens with one attached hydrogen (secondary N) is 1. The molecule has 0 aromatic carbocycles. The van der Waals surface area contributed by atoms with Crippen LogP contribution in [0.1, 0.15) is 11.3 Å². The molecule has 0 amide bonds. The molecule has 0 bridgehead atoms. The lowest BCUT2D eigenvalue weighted by molar-refractivity contribution is 0.210. The lowest BCUT2D eigenvalue weighted by Gasteiger charge is -2.10. The molecule has 0 aliphatic heterocycles. The minimum Gasteiger partial charge on any atom is -0.383 e. The van der Waals surface area contributed by atoms with E-state index in [1.807, 2.05) is 23.0 Å². The van der Waals surface area contributed by atoms with E-state index in [0.29, 0.717) is 6.61 Å². The molecule has 0 aliphatic carbocycles. The molecule has 2 aromatic rings. The summed E-state index contributed by atoms with van der Waals surface area (Å²) in [5, 5.41) is 3.23. The number of pyridine rings is 1. The van der Waals surface area contributed by atoms with Crippen LogP contribution >= 0.6 is 0 Å². The van der Waals surface area contributed by atoms with Gasteiger partial charge in [0.25, 0.3) is 0 Å². The number of methoxy groups -OCH3 is 1.